The first kappa shape index (κ1) is 24.0. The van der Waals surface area contributed by atoms with Gasteiger partial charge in [0.25, 0.3) is 5.91 Å². The standard InChI is InChI=1S/C27H32N4O5/c1-35-20-14-19(15-21(16-20)36-2)28-25(32)17-31-24-13-18(26(33)29-10-5-6-11-29)8-9-22(24)30-12-4-3-7-23(30)27(31)34/h8-9,13-16,23H,3-7,10-12,17H2,1-2H3,(H,28,32)/t23-/m1/s1. The lowest BCUT2D eigenvalue weighted by Crippen LogP contribution is -2.56. The van der Waals surface area contributed by atoms with Crippen LogP contribution in [0.15, 0.2) is 36.4 Å². The van der Waals surface area contributed by atoms with Crippen LogP contribution in [0, 0.1) is 0 Å². The molecule has 0 radical (unpaired) electrons. The molecule has 3 aliphatic heterocycles. The Morgan fingerprint density at radius 2 is 1.61 bits per heavy atom. The minimum absolute atomic E-state index is 0.0311. The van der Waals surface area contributed by atoms with E-state index in [4.69, 9.17) is 9.47 Å². The normalized spacial score (nSPS) is 19.0. The van der Waals surface area contributed by atoms with Gasteiger partial charge in [0.15, 0.2) is 0 Å². The first-order valence-electron chi connectivity index (χ1n) is 12.5. The van der Waals surface area contributed by atoms with E-state index in [1.807, 2.05) is 17.0 Å². The fourth-order valence-electron chi connectivity index (χ4n) is 5.38. The number of rotatable bonds is 6. The lowest BCUT2D eigenvalue weighted by molar-refractivity contribution is -0.123. The third-order valence-corrected chi connectivity index (χ3v) is 7.21. The fourth-order valence-corrected chi connectivity index (χ4v) is 5.38. The molecule has 2 aromatic carbocycles. The summed E-state index contributed by atoms with van der Waals surface area (Å²) < 4.78 is 10.6. The number of fused-ring (bicyclic) bond motifs is 3. The number of carbonyl (C=O) groups excluding carboxylic acids is 3. The molecule has 1 N–H and O–H groups in total. The molecular formula is C27H32N4O5. The fraction of sp³-hybridized carbons (Fsp3) is 0.444. The van der Waals surface area contributed by atoms with Gasteiger partial charge in [-0.25, -0.2) is 0 Å². The Bertz CT molecular complexity index is 1150. The number of carbonyl (C=O) groups is 3. The molecule has 0 unspecified atom stereocenters. The highest BCUT2D eigenvalue weighted by Crippen LogP contribution is 2.40. The third-order valence-electron chi connectivity index (χ3n) is 7.21. The quantitative estimate of drug-likeness (QED) is 0.666. The Morgan fingerprint density at radius 3 is 2.31 bits per heavy atom. The summed E-state index contributed by atoms with van der Waals surface area (Å²) in [5.74, 6) is 0.617. The van der Waals surface area contributed by atoms with Crippen molar-refractivity contribution in [2.24, 2.45) is 0 Å². The van der Waals surface area contributed by atoms with Crippen LogP contribution in [0.2, 0.25) is 0 Å². The minimum Gasteiger partial charge on any atom is -0.497 e. The molecule has 2 fully saturated rings. The van der Waals surface area contributed by atoms with Gasteiger partial charge in [0.05, 0.1) is 25.6 Å². The van der Waals surface area contributed by atoms with Gasteiger partial charge in [0.1, 0.15) is 24.1 Å². The molecule has 0 saturated carbocycles. The number of piperidine rings is 1. The zero-order chi connectivity index (χ0) is 25.2. The Morgan fingerprint density at radius 1 is 0.917 bits per heavy atom. The van der Waals surface area contributed by atoms with Gasteiger partial charge in [-0.15, -0.1) is 0 Å². The van der Waals surface area contributed by atoms with Crippen LogP contribution in [0.1, 0.15) is 42.5 Å². The van der Waals surface area contributed by atoms with E-state index in [1.54, 1.807) is 38.5 Å². The van der Waals surface area contributed by atoms with E-state index in [1.165, 1.54) is 4.90 Å². The van der Waals surface area contributed by atoms with E-state index >= 15 is 0 Å². The highest BCUT2D eigenvalue weighted by atomic mass is 16.5. The number of hydrogen-bond donors (Lipinski definition) is 1. The van der Waals surface area contributed by atoms with Crippen LogP contribution in [0.3, 0.4) is 0 Å². The van der Waals surface area contributed by atoms with E-state index < -0.39 is 0 Å². The zero-order valence-electron chi connectivity index (χ0n) is 20.8. The maximum absolute atomic E-state index is 13.6. The first-order chi connectivity index (χ1) is 17.5. The monoisotopic (exact) mass is 492 g/mol. The van der Waals surface area contributed by atoms with Crippen LogP contribution in [0.25, 0.3) is 0 Å². The first-order valence-corrected chi connectivity index (χ1v) is 12.5. The predicted molar refractivity (Wildman–Crippen MR) is 137 cm³/mol. The van der Waals surface area contributed by atoms with Crippen molar-refractivity contribution in [1.29, 1.82) is 0 Å². The van der Waals surface area contributed by atoms with E-state index in [-0.39, 0.29) is 30.3 Å². The summed E-state index contributed by atoms with van der Waals surface area (Å²) in [5.41, 5.74) is 2.56. The van der Waals surface area contributed by atoms with Crippen LogP contribution in [0.5, 0.6) is 11.5 Å². The molecule has 0 bridgehead atoms. The minimum atomic E-state index is -0.342. The van der Waals surface area contributed by atoms with Crippen LogP contribution in [-0.2, 0) is 9.59 Å². The summed E-state index contributed by atoms with van der Waals surface area (Å²) in [7, 11) is 3.08. The molecular weight excluding hydrogens is 460 g/mol. The number of nitrogens with one attached hydrogen (secondary N) is 1. The molecule has 0 aromatic heterocycles. The van der Waals surface area contributed by atoms with Gasteiger partial charge in [0, 0.05) is 49.1 Å². The molecule has 0 spiro atoms. The lowest BCUT2D eigenvalue weighted by Gasteiger charge is -2.45. The zero-order valence-corrected chi connectivity index (χ0v) is 20.8. The van der Waals surface area contributed by atoms with Crippen molar-refractivity contribution >= 4 is 34.8 Å². The number of anilines is 3. The van der Waals surface area contributed by atoms with Crippen LogP contribution < -0.4 is 24.6 Å². The second-order valence-electron chi connectivity index (χ2n) is 9.48. The maximum atomic E-state index is 13.6. The number of hydrogen-bond acceptors (Lipinski definition) is 6. The molecule has 3 heterocycles. The molecule has 5 rings (SSSR count). The molecule has 1 atom stereocenters. The molecule has 0 aliphatic carbocycles. The van der Waals surface area contributed by atoms with Crippen molar-refractivity contribution in [3.63, 3.8) is 0 Å². The van der Waals surface area contributed by atoms with Crippen molar-refractivity contribution < 1.29 is 23.9 Å². The third kappa shape index (κ3) is 4.57. The summed E-state index contributed by atoms with van der Waals surface area (Å²) in [6.07, 6.45) is 4.74. The lowest BCUT2D eigenvalue weighted by atomic mass is 9.95. The molecule has 2 aromatic rings. The number of benzene rings is 2. The van der Waals surface area contributed by atoms with Gasteiger partial charge in [-0.05, 0) is 50.3 Å². The van der Waals surface area contributed by atoms with Gasteiger partial charge in [0.2, 0.25) is 11.8 Å². The Labute approximate surface area is 210 Å². The smallest absolute Gasteiger partial charge is 0.253 e. The maximum Gasteiger partial charge on any atom is 0.253 e. The molecule has 2 saturated heterocycles. The summed E-state index contributed by atoms with van der Waals surface area (Å²) in [5, 5.41) is 2.86. The van der Waals surface area contributed by atoms with Gasteiger partial charge in [-0.1, -0.05) is 0 Å². The number of ether oxygens (including phenoxy) is 2. The number of methoxy groups -OCH3 is 2. The van der Waals surface area contributed by atoms with Crippen molar-refractivity contribution in [1.82, 2.24) is 4.90 Å². The second-order valence-corrected chi connectivity index (χ2v) is 9.48. The molecule has 36 heavy (non-hydrogen) atoms. The largest absolute Gasteiger partial charge is 0.497 e. The van der Waals surface area contributed by atoms with Crippen LogP contribution in [-0.4, -0.2) is 69.1 Å². The van der Waals surface area contributed by atoms with Crippen molar-refractivity contribution in [2.45, 2.75) is 38.1 Å². The van der Waals surface area contributed by atoms with Crippen molar-refractivity contribution in [3.05, 3.63) is 42.0 Å². The second kappa shape index (κ2) is 10.1. The average Bonchev–Trinajstić information content (AvgIpc) is 3.45. The van der Waals surface area contributed by atoms with Crippen LogP contribution in [0.4, 0.5) is 17.1 Å². The van der Waals surface area contributed by atoms with E-state index in [0.29, 0.717) is 28.4 Å². The summed E-state index contributed by atoms with van der Waals surface area (Å²) in [6.45, 7) is 2.13. The van der Waals surface area contributed by atoms with Gasteiger partial charge < -0.3 is 24.6 Å². The van der Waals surface area contributed by atoms with Gasteiger partial charge >= 0.3 is 0 Å². The number of nitrogens with zero attached hydrogens (tertiary/aromatic N) is 3. The molecule has 3 aliphatic rings. The molecule has 9 nitrogen and oxygen atoms in total. The number of amides is 3. The molecule has 190 valence electrons. The topological polar surface area (TPSA) is 91.4 Å². The average molecular weight is 493 g/mol. The van der Waals surface area contributed by atoms with Crippen LogP contribution >= 0.6 is 0 Å². The van der Waals surface area contributed by atoms with E-state index in [2.05, 4.69) is 10.2 Å². The predicted octanol–water partition coefficient (Wildman–Crippen LogP) is 3.28. The summed E-state index contributed by atoms with van der Waals surface area (Å²) >= 11 is 0. The van der Waals surface area contributed by atoms with Gasteiger partial charge in [-0.3, -0.25) is 19.3 Å². The highest BCUT2D eigenvalue weighted by Gasteiger charge is 2.40. The SMILES string of the molecule is COc1cc(NC(=O)CN2C(=O)[C@H]3CCCCN3c3ccc(C(=O)N4CCCC4)cc32)cc(OC)c1. The number of likely N-dealkylation sites (tertiary alicyclic amines) is 1. The molecule has 9 heteroatoms. The Hall–Kier alpha value is -3.75. The van der Waals surface area contributed by atoms with E-state index in [0.717, 1.165) is 57.4 Å². The van der Waals surface area contributed by atoms with E-state index in [9.17, 15) is 14.4 Å². The van der Waals surface area contributed by atoms with Gasteiger partial charge in [-0.2, -0.15) is 0 Å². The van der Waals surface area contributed by atoms with Crippen molar-refractivity contribution in [2.75, 3.05) is 55.5 Å². The summed E-state index contributed by atoms with van der Waals surface area (Å²) in [4.78, 5) is 45.4. The Balaban J connectivity index is 1.44. The molecule has 3 amide bonds. The highest BCUT2D eigenvalue weighted by molar-refractivity contribution is 6.11. The van der Waals surface area contributed by atoms with Crippen molar-refractivity contribution in [3.8, 4) is 11.5 Å². The Kier molecular flexibility index (Phi) is 6.71. The summed E-state index contributed by atoms with van der Waals surface area (Å²) in [6, 6.07) is 10.4.